The lowest BCUT2D eigenvalue weighted by atomic mass is 10.1. The zero-order valence-electron chi connectivity index (χ0n) is 12.8. The number of carboxylic acids is 1. The van der Waals surface area contributed by atoms with Crippen LogP contribution in [0.1, 0.15) is 12.0 Å². The standard InChI is InChI=1S/C14H18N2O7/c1-9-4-3-5-10(16(21)22)13(9)15(12(18)8-23-2)11(6-7-17)14(19)20/h3-5,11,17H,6-8H2,1-2H3,(H,19,20). The van der Waals surface area contributed by atoms with Crippen LogP contribution in [0.3, 0.4) is 0 Å². The monoisotopic (exact) mass is 326 g/mol. The number of carbonyl (C=O) groups excluding carboxylic acids is 1. The average Bonchev–Trinajstić information content (AvgIpc) is 2.47. The number of aliphatic carboxylic acids is 1. The maximum absolute atomic E-state index is 12.3. The van der Waals surface area contributed by atoms with Gasteiger partial charge in [-0.1, -0.05) is 12.1 Å². The molecule has 2 N–H and O–H groups in total. The quantitative estimate of drug-likeness (QED) is 0.531. The second-order valence-corrected chi connectivity index (χ2v) is 4.76. The first kappa shape index (κ1) is 18.5. The number of ether oxygens (including phenoxy) is 1. The van der Waals surface area contributed by atoms with E-state index in [-0.39, 0.29) is 12.1 Å². The van der Waals surface area contributed by atoms with Crippen LogP contribution in [-0.4, -0.2) is 53.4 Å². The van der Waals surface area contributed by atoms with Gasteiger partial charge in [0.05, 0.1) is 4.92 Å². The molecule has 1 atom stereocenters. The second kappa shape index (κ2) is 8.20. The van der Waals surface area contributed by atoms with Crippen molar-refractivity contribution in [2.24, 2.45) is 0 Å². The van der Waals surface area contributed by atoms with Gasteiger partial charge in [0, 0.05) is 26.2 Å². The molecule has 1 aromatic rings. The summed E-state index contributed by atoms with van der Waals surface area (Å²) in [5.74, 6) is -2.12. The maximum Gasteiger partial charge on any atom is 0.326 e. The molecule has 0 bridgehead atoms. The Morgan fingerprint density at radius 3 is 2.57 bits per heavy atom. The van der Waals surface area contributed by atoms with Gasteiger partial charge >= 0.3 is 5.97 Å². The van der Waals surface area contributed by atoms with E-state index < -0.39 is 41.7 Å². The summed E-state index contributed by atoms with van der Waals surface area (Å²) in [6.07, 6.45) is -0.268. The Hall–Kier alpha value is -2.52. The fraction of sp³-hybridized carbons (Fsp3) is 0.429. The smallest absolute Gasteiger partial charge is 0.326 e. The minimum absolute atomic E-state index is 0.111. The summed E-state index contributed by atoms with van der Waals surface area (Å²) in [4.78, 5) is 35.2. The highest BCUT2D eigenvalue weighted by Gasteiger charge is 2.35. The molecule has 126 valence electrons. The Bertz CT molecular complexity index is 603. The van der Waals surface area contributed by atoms with E-state index in [4.69, 9.17) is 9.84 Å². The van der Waals surface area contributed by atoms with Crippen molar-refractivity contribution in [2.45, 2.75) is 19.4 Å². The van der Waals surface area contributed by atoms with Gasteiger partial charge in [-0.25, -0.2) is 4.79 Å². The summed E-state index contributed by atoms with van der Waals surface area (Å²) in [6, 6.07) is 2.72. The van der Waals surface area contributed by atoms with Crippen molar-refractivity contribution in [1.29, 1.82) is 0 Å². The molecular weight excluding hydrogens is 308 g/mol. The van der Waals surface area contributed by atoms with Crippen molar-refractivity contribution in [2.75, 3.05) is 25.2 Å². The highest BCUT2D eigenvalue weighted by Crippen LogP contribution is 2.33. The van der Waals surface area contributed by atoms with E-state index in [1.54, 1.807) is 0 Å². The summed E-state index contributed by atoms with van der Waals surface area (Å²) in [6.45, 7) is 0.599. The van der Waals surface area contributed by atoms with E-state index in [0.29, 0.717) is 5.56 Å². The Morgan fingerprint density at radius 1 is 1.43 bits per heavy atom. The molecule has 0 fully saturated rings. The SMILES string of the molecule is COCC(=O)N(c1c(C)cccc1[N+](=O)[O-])C(CCO)C(=O)O. The lowest BCUT2D eigenvalue weighted by molar-refractivity contribution is -0.384. The summed E-state index contributed by atoms with van der Waals surface area (Å²) in [5.41, 5.74) is -0.133. The molecule has 23 heavy (non-hydrogen) atoms. The van der Waals surface area contributed by atoms with Crippen molar-refractivity contribution < 1.29 is 29.5 Å². The van der Waals surface area contributed by atoms with Crippen LogP contribution >= 0.6 is 0 Å². The van der Waals surface area contributed by atoms with E-state index in [0.717, 1.165) is 4.90 Å². The van der Waals surface area contributed by atoms with Gasteiger partial charge in [-0.15, -0.1) is 0 Å². The second-order valence-electron chi connectivity index (χ2n) is 4.76. The van der Waals surface area contributed by atoms with Gasteiger partial charge in [0.1, 0.15) is 18.3 Å². The molecule has 0 aliphatic carbocycles. The highest BCUT2D eigenvalue weighted by molar-refractivity contribution is 6.02. The van der Waals surface area contributed by atoms with Crippen molar-refractivity contribution in [3.63, 3.8) is 0 Å². The predicted molar refractivity (Wildman–Crippen MR) is 80.3 cm³/mol. The van der Waals surface area contributed by atoms with Crippen molar-refractivity contribution >= 4 is 23.3 Å². The minimum Gasteiger partial charge on any atom is -0.480 e. The first-order chi connectivity index (χ1) is 10.8. The third kappa shape index (κ3) is 4.24. The van der Waals surface area contributed by atoms with Gasteiger partial charge < -0.3 is 14.9 Å². The molecule has 9 nitrogen and oxygen atoms in total. The Morgan fingerprint density at radius 2 is 2.09 bits per heavy atom. The molecule has 1 amide bonds. The largest absolute Gasteiger partial charge is 0.480 e. The zero-order chi connectivity index (χ0) is 17.6. The zero-order valence-corrected chi connectivity index (χ0v) is 12.8. The number of aliphatic hydroxyl groups excluding tert-OH is 1. The minimum atomic E-state index is -1.44. The fourth-order valence-corrected chi connectivity index (χ4v) is 2.24. The molecule has 1 aromatic carbocycles. The van der Waals surface area contributed by atoms with Crippen LogP contribution in [0.15, 0.2) is 18.2 Å². The highest BCUT2D eigenvalue weighted by atomic mass is 16.6. The molecule has 0 aliphatic heterocycles. The number of nitro benzene ring substituents is 1. The van der Waals surface area contributed by atoms with Gasteiger partial charge in [0.25, 0.3) is 11.6 Å². The number of methoxy groups -OCH3 is 1. The number of aliphatic hydroxyl groups is 1. The van der Waals surface area contributed by atoms with Crippen LogP contribution in [0.5, 0.6) is 0 Å². The molecule has 1 unspecified atom stereocenters. The number of rotatable bonds is 8. The van der Waals surface area contributed by atoms with Gasteiger partial charge in [-0.05, 0) is 12.5 Å². The van der Waals surface area contributed by atoms with Gasteiger partial charge in [0.15, 0.2) is 0 Å². The number of nitro groups is 1. The molecule has 0 aromatic heterocycles. The first-order valence-corrected chi connectivity index (χ1v) is 6.73. The number of nitrogens with zero attached hydrogens (tertiary/aromatic N) is 2. The molecule has 0 aliphatic rings. The van der Waals surface area contributed by atoms with Crippen LogP contribution in [-0.2, 0) is 14.3 Å². The molecule has 0 spiro atoms. The molecule has 0 saturated heterocycles. The molecular formula is C14H18N2O7. The molecule has 0 radical (unpaired) electrons. The number of aryl methyl sites for hydroxylation is 1. The number of hydrogen-bond acceptors (Lipinski definition) is 6. The van der Waals surface area contributed by atoms with Crippen molar-refractivity contribution in [3.05, 3.63) is 33.9 Å². The van der Waals surface area contributed by atoms with Crippen LogP contribution in [0.25, 0.3) is 0 Å². The van der Waals surface area contributed by atoms with Gasteiger partial charge in [-0.2, -0.15) is 0 Å². The number of para-hydroxylation sites is 1. The van der Waals surface area contributed by atoms with Crippen LogP contribution < -0.4 is 4.90 Å². The number of anilines is 1. The average molecular weight is 326 g/mol. The Kier molecular flexibility index (Phi) is 6.61. The third-order valence-electron chi connectivity index (χ3n) is 3.19. The number of carboxylic acid groups (broad SMARTS) is 1. The van der Waals surface area contributed by atoms with E-state index >= 15 is 0 Å². The number of amides is 1. The van der Waals surface area contributed by atoms with Gasteiger partial charge in [0.2, 0.25) is 0 Å². The van der Waals surface area contributed by atoms with E-state index in [9.17, 15) is 24.8 Å². The van der Waals surface area contributed by atoms with Crippen LogP contribution in [0.4, 0.5) is 11.4 Å². The van der Waals surface area contributed by atoms with E-state index in [1.807, 2.05) is 0 Å². The number of benzene rings is 1. The summed E-state index contributed by atoms with van der Waals surface area (Å²) in [5, 5.41) is 29.7. The summed E-state index contributed by atoms with van der Waals surface area (Å²) >= 11 is 0. The molecule has 1 rings (SSSR count). The summed E-state index contributed by atoms with van der Waals surface area (Å²) < 4.78 is 4.74. The van der Waals surface area contributed by atoms with Crippen LogP contribution in [0, 0.1) is 17.0 Å². The van der Waals surface area contributed by atoms with Crippen LogP contribution in [0.2, 0.25) is 0 Å². The first-order valence-electron chi connectivity index (χ1n) is 6.73. The predicted octanol–water partition coefficient (Wildman–Crippen LogP) is 0.718. The maximum atomic E-state index is 12.3. The third-order valence-corrected chi connectivity index (χ3v) is 3.19. The molecule has 0 saturated carbocycles. The van der Waals surface area contributed by atoms with E-state index in [1.165, 1.54) is 32.2 Å². The number of hydrogen-bond donors (Lipinski definition) is 2. The topological polar surface area (TPSA) is 130 Å². The Balaban J connectivity index is 3.55. The lowest BCUT2D eigenvalue weighted by Crippen LogP contribution is -2.48. The molecule has 9 heteroatoms. The normalized spacial score (nSPS) is 11.8. The fourth-order valence-electron chi connectivity index (χ4n) is 2.24. The van der Waals surface area contributed by atoms with E-state index in [2.05, 4.69) is 0 Å². The lowest BCUT2D eigenvalue weighted by Gasteiger charge is -2.29. The van der Waals surface area contributed by atoms with Crippen molar-refractivity contribution in [1.82, 2.24) is 0 Å². The van der Waals surface area contributed by atoms with Crippen molar-refractivity contribution in [3.8, 4) is 0 Å². The number of carbonyl (C=O) groups is 2. The molecule has 0 heterocycles. The summed E-state index contributed by atoms with van der Waals surface area (Å²) in [7, 11) is 1.25. The van der Waals surface area contributed by atoms with Gasteiger partial charge in [-0.3, -0.25) is 19.8 Å². The Labute approximate surface area is 132 Å².